The van der Waals surface area contributed by atoms with E-state index in [1.165, 1.54) is 36.7 Å². The third-order valence-electron chi connectivity index (χ3n) is 6.54. The highest BCUT2D eigenvalue weighted by Crippen LogP contribution is 2.27. The van der Waals surface area contributed by atoms with Crippen molar-refractivity contribution in [3.8, 4) is 0 Å². The predicted octanol–water partition coefficient (Wildman–Crippen LogP) is 3.18. The fraction of sp³-hybridized carbons (Fsp3) is 0.783. The number of anilines is 1. The quantitative estimate of drug-likeness (QED) is 0.737. The van der Waals surface area contributed by atoms with E-state index in [1.54, 1.807) is 10.6 Å². The van der Waals surface area contributed by atoms with Crippen LogP contribution in [0.5, 0.6) is 0 Å². The highest BCUT2D eigenvalue weighted by Gasteiger charge is 2.25. The van der Waals surface area contributed by atoms with E-state index in [2.05, 4.69) is 4.90 Å². The Bertz CT molecular complexity index is 849. The van der Waals surface area contributed by atoms with Crippen LogP contribution in [0.4, 0.5) is 5.82 Å². The molecule has 0 unspecified atom stereocenters. The molecule has 0 atom stereocenters. The van der Waals surface area contributed by atoms with Crippen LogP contribution in [-0.2, 0) is 4.79 Å². The Morgan fingerprint density at radius 1 is 0.900 bits per heavy atom. The maximum Gasteiger partial charge on any atom is 0.333 e. The second-order valence-corrected chi connectivity index (χ2v) is 9.48. The summed E-state index contributed by atoms with van der Waals surface area (Å²) in [7, 11) is 0. The van der Waals surface area contributed by atoms with Gasteiger partial charge in [-0.15, -0.1) is 0 Å². The summed E-state index contributed by atoms with van der Waals surface area (Å²) in [5, 5.41) is 0. The molecular formula is C23H38N4O3. The number of hydrogen-bond donors (Lipinski definition) is 0. The summed E-state index contributed by atoms with van der Waals surface area (Å²) >= 11 is 0. The molecule has 1 aliphatic carbocycles. The molecule has 1 aromatic rings. The van der Waals surface area contributed by atoms with E-state index in [1.807, 2.05) is 32.6 Å². The normalized spacial score (nSPS) is 18.9. The standard InChI is InChI=1S/C23H38N4O3/c1-17(2)26-20(16-22(29)27(18(3)4)23(26)30)24-11-8-12-25(14-13-24)21(28)15-19-9-6-5-7-10-19/h16-19H,5-15H2,1-4H3. The number of carbonyl (C=O) groups excluding carboxylic acids is 1. The van der Waals surface area contributed by atoms with Gasteiger partial charge >= 0.3 is 5.69 Å². The Morgan fingerprint density at radius 3 is 2.20 bits per heavy atom. The van der Waals surface area contributed by atoms with Crippen molar-refractivity contribution in [3.05, 3.63) is 26.9 Å². The maximum absolute atomic E-state index is 13.1. The molecule has 3 rings (SSSR count). The van der Waals surface area contributed by atoms with Gasteiger partial charge in [0.05, 0.1) is 0 Å². The van der Waals surface area contributed by atoms with Crippen molar-refractivity contribution in [1.29, 1.82) is 0 Å². The summed E-state index contributed by atoms with van der Waals surface area (Å²) in [6.07, 6.45) is 7.67. The minimum Gasteiger partial charge on any atom is -0.356 e. The van der Waals surface area contributed by atoms with Crippen LogP contribution in [0.3, 0.4) is 0 Å². The topological polar surface area (TPSA) is 67.5 Å². The lowest BCUT2D eigenvalue weighted by Crippen LogP contribution is -2.45. The molecule has 30 heavy (non-hydrogen) atoms. The first-order chi connectivity index (χ1) is 14.3. The Balaban J connectivity index is 1.77. The molecule has 1 aliphatic heterocycles. The van der Waals surface area contributed by atoms with Crippen LogP contribution in [0, 0.1) is 5.92 Å². The molecule has 0 bridgehead atoms. The van der Waals surface area contributed by atoms with Crippen molar-refractivity contribution in [2.75, 3.05) is 31.1 Å². The van der Waals surface area contributed by atoms with Crippen molar-refractivity contribution in [2.24, 2.45) is 5.92 Å². The first-order valence-electron chi connectivity index (χ1n) is 11.7. The number of aromatic nitrogens is 2. The van der Waals surface area contributed by atoms with E-state index < -0.39 is 0 Å². The second kappa shape index (κ2) is 9.84. The number of carbonyl (C=O) groups is 1. The number of amides is 1. The molecular weight excluding hydrogens is 380 g/mol. The second-order valence-electron chi connectivity index (χ2n) is 9.48. The van der Waals surface area contributed by atoms with E-state index in [4.69, 9.17) is 0 Å². The average molecular weight is 419 g/mol. The minimum atomic E-state index is -0.253. The summed E-state index contributed by atoms with van der Waals surface area (Å²) < 4.78 is 3.04. The van der Waals surface area contributed by atoms with Crippen molar-refractivity contribution >= 4 is 11.7 Å². The number of nitrogens with zero attached hydrogens (tertiary/aromatic N) is 4. The third kappa shape index (κ3) is 4.98. The van der Waals surface area contributed by atoms with Crippen LogP contribution in [0.2, 0.25) is 0 Å². The molecule has 2 aliphatic rings. The van der Waals surface area contributed by atoms with Crippen LogP contribution in [0.25, 0.3) is 0 Å². The largest absolute Gasteiger partial charge is 0.356 e. The zero-order chi connectivity index (χ0) is 21.8. The lowest BCUT2D eigenvalue weighted by atomic mass is 9.86. The molecule has 1 saturated heterocycles. The highest BCUT2D eigenvalue weighted by molar-refractivity contribution is 5.76. The van der Waals surface area contributed by atoms with Gasteiger partial charge in [-0.05, 0) is 52.9 Å². The van der Waals surface area contributed by atoms with Crippen molar-refractivity contribution in [1.82, 2.24) is 14.0 Å². The molecule has 0 radical (unpaired) electrons. The summed E-state index contributed by atoms with van der Waals surface area (Å²) in [6.45, 7) is 10.4. The summed E-state index contributed by atoms with van der Waals surface area (Å²) in [4.78, 5) is 42.7. The first-order valence-corrected chi connectivity index (χ1v) is 11.7. The van der Waals surface area contributed by atoms with Crippen LogP contribution in [-0.4, -0.2) is 46.1 Å². The van der Waals surface area contributed by atoms with Crippen molar-refractivity contribution in [2.45, 2.75) is 84.7 Å². The lowest BCUT2D eigenvalue weighted by molar-refractivity contribution is -0.132. The Morgan fingerprint density at radius 2 is 1.57 bits per heavy atom. The van der Waals surface area contributed by atoms with Gasteiger partial charge in [0.1, 0.15) is 5.82 Å². The van der Waals surface area contributed by atoms with Crippen LogP contribution in [0.1, 0.15) is 84.7 Å². The van der Waals surface area contributed by atoms with E-state index in [0.29, 0.717) is 31.2 Å². The molecule has 1 saturated carbocycles. The van der Waals surface area contributed by atoms with Crippen LogP contribution >= 0.6 is 0 Å². The van der Waals surface area contributed by atoms with Crippen LogP contribution < -0.4 is 16.1 Å². The zero-order valence-corrected chi connectivity index (χ0v) is 19.1. The number of hydrogen-bond acceptors (Lipinski definition) is 4. The predicted molar refractivity (Wildman–Crippen MR) is 120 cm³/mol. The fourth-order valence-electron chi connectivity index (χ4n) is 4.93. The average Bonchev–Trinajstić information content (AvgIpc) is 2.94. The van der Waals surface area contributed by atoms with E-state index in [0.717, 1.165) is 19.5 Å². The zero-order valence-electron chi connectivity index (χ0n) is 19.1. The Hall–Kier alpha value is -2.05. The smallest absolute Gasteiger partial charge is 0.333 e. The molecule has 2 heterocycles. The highest BCUT2D eigenvalue weighted by atomic mass is 16.2. The van der Waals surface area contributed by atoms with Crippen molar-refractivity contribution < 1.29 is 4.79 Å². The van der Waals surface area contributed by atoms with Gasteiger partial charge in [-0.25, -0.2) is 4.79 Å². The van der Waals surface area contributed by atoms with Gasteiger partial charge in [0, 0.05) is 50.7 Å². The lowest BCUT2D eigenvalue weighted by Gasteiger charge is -2.29. The van der Waals surface area contributed by atoms with Gasteiger partial charge in [0.25, 0.3) is 5.56 Å². The van der Waals surface area contributed by atoms with Gasteiger partial charge in [0.15, 0.2) is 0 Å². The van der Waals surface area contributed by atoms with Crippen molar-refractivity contribution in [3.63, 3.8) is 0 Å². The van der Waals surface area contributed by atoms with E-state index in [-0.39, 0.29) is 29.2 Å². The molecule has 1 amide bonds. The SMILES string of the molecule is CC(C)n1c(N2CCCN(C(=O)CC3CCCCC3)CC2)cc(=O)n(C(C)C)c1=O. The van der Waals surface area contributed by atoms with E-state index >= 15 is 0 Å². The molecule has 7 nitrogen and oxygen atoms in total. The number of rotatable bonds is 5. The summed E-state index contributed by atoms with van der Waals surface area (Å²) in [6, 6.07) is 1.37. The molecule has 2 fully saturated rings. The Labute approximate surface area is 179 Å². The maximum atomic E-state index is 13.1. The van der Waals surface area contributed by atoms with Gasteiger partial charge < -0.3 is 9.80 Å². The third-order valence-corrected chi connectivity index (χ3v) is 6.54. The van der Waals surface area contributed by atoms with Gasteiger partial charge in [-0.3, -0.25) is 18.7 Å². The molecule has 1 aromatic heterocycles. The van der Waals surface area contributed by atoms with Gasteiger partial charge in [0.2, 0.25) is 5.91 Å². The van der Waals surface area contributed by atoms with Gasteiger partial charge in [-0.1, -0.05) is 19.3 Å². The van der Waals surface area contributed by atoms with Crippen LogP contribution in [0.15, 0.2) is 15.7 Å². The molecule has 168 valence electrons. The molecule has 0 N–H and O–H groups in total. The summed E-state index contributed by atoms with van der Waals surface area (Å²) in [5.74, 6) is 1.49. The fourth-order valence-corrected chi connectivity index (χ4v) is 4.93. The first kappa shape index (κ1) is 22.6. The monoisotopic (exact) mass is 418 g/mol. The molecule has 0 aromatic carbocycles. The van der Waals surface area contributed by atoms with E-state index in [9.17, 15) is 14.4 Å². The molecule has 7 heteroatoms. The summed E-state index contributed by atoms with van der Waals surface area (Å²) in [5.41, 5.74) is -0.506. The molecule has 0 spiro atoms. The van der Waals surface area contributed by atoms with Gasteiger partial charge in [-0.2, -0.15) is 0 Å². The Kier molecular flexibility index (Phi) is 7.42. The minimum absolute atomic E-state index is 0.0506.